The molecule has 1 aliphatic rings. The summed E-state index contributed by atoms with van der Waals surface area (Å²) < 4.78 is 0. The van der Waals surface area contributed by atoms with E-state index in [1.807, 2.05) is 0 Å². The van der Waals surface area contributed by atoms with Crippen molar-refractivity contribution in [2.24, 2.45) is 5.92 Å². The van der Waals surface area contributed by atoms with Crippen molar-refractivity contribution < 1.29 is 4.79 Å². The first kappa shape index (κ1) is 15.9. The summed E-state index contributed by atoms with van der Waals surface area (Å²) in [5, 5.41) is 6.39. The molecule has 0 atom stereocenters. The standard InChI is InChI=1S/C18H28N2O/c1-3-16-11-7-8-14(2)18(16)20-13-17(21)19-12-15-9-5-4-6-10-15/h7-8,11,15,20H,3-6,9-10,12-13H2,1-2H3,(H,19,21). The molecule has 21 heavy (non-hydrogen) atoms. The highest BCUT2D eigenvalue weighted by Crippen LogP contribution is 2.23. The highest BCUT2D eigenvalue weighted by Gasteiger charge is 2.14. The van der Waals surface area contributed by atoms with Crippen molar-refractivity contribution in [3.05, 3.63) is 29.3 Å². The number of hydrogen-bond acceptors (Lipinski definition) is 2. The van der Waals surface area contributed by atoms with Crippen LogP contribution in [0.5, 0.6) is 0 Å². The second-order valence-corrected chi connectivity index (χ2v) is 6.12. The number of rotatable bonds is 6. The maximum absolute atomic E-state index is 12.0. The van der Waals surface area contributed by atoms with Crippen LogP contribution in [-0.4, -0.2) is 19.0 Å². The van der Waals surface area contributed by atoms with E-state index in [2.05, 4.69) is 42.7 Å². The predicted molar refractivity (Wildman–Crippen MR) is 88.6 cm³/mol. The fourth-order valence-electron chi connectivity index (χ4n) is 3.16. The molecule has 3 heteroatoms. The highest BCUT2D eigenvalue weighted by molar-refractivity contribution is 5.81. The van der Waals surface area contributed by atoms with Gasteiger partial charge >= 0.3 is 0 Å². The van der Waals surface area contributed by atoms with Gasteiger partial charge < -0.3 is 10.6 Å². The van der Waals surface area contributed by atoms with E-state index in [-0.39, 0.29) is 5.91 Å². The van der Waals surface area contributed by atoms with E-state index >= 15 is 0 Å². The van der Waals surface area contributed by atoms with E-state index in [4.69, 9.17) is 0 Å². The summed E-state index contributed by atoms with van der Waals surface area (Å²) in [6, 6.07) is 6.28. The van der Waals surface area contributed by atoms with Crippen LogP contribution in [-0.2, 0) is 11.2 Å². The van der Waals surface area contributed by atoms with Gasteiger partial charge in [0, 0.05) is 12.2 Å². The Morgan fingerprint density at radius 3 is 2.71 bits per heavy atom. The summed E-state index contributed by atoms with van der Waals surface area (Å²) >= 11 is 0. The molecule has 116 valence electrons. The molecule has 1 aromatic carbocycles. The smallest absolute Gasteiger partial charge is 0.239 e. The monoisotopic (exact) mass is 288 g/mol. The number of carbonyl (C=O) groups is 1. The minimum atomic E-state index is 0.103. The molecule has 0 saturated heterocycles. The van der Waals surface area contributed by atoms with Crippen LogP contribution in [0, 0.1) is 12.8 Å². The average molecular weight is 288 g/mol. The molecule has 0 unspecified atom stereocenters. The van der Waals surface area contributed by atoms with Crippen molar-refractivity contribution in [1.29, 1.82) is 0 Å². The number of carbonyl (C=O) groups excluding carboxylic acids is 1. The third kappa shape index (κ3) is 4.76. The maximum atomic E-state index is 12.0. The van der Waals surface area contributed by atoms with Crippen molar-refractivity contribution in [2.45, 2.75) is 52.4 Å². The second kappa shape index (κ2) is 8.06. The first-order chi connectivity index (χ1) is 10.2. The predicted octanol–water partition coefficient (Wildman–Crippen LogP) is 3.67. The van der Waals surface area contributed by atoms with Crippen LogP contribution in [0.3, 0.4) is 0 Å². The first-order valence-electron chi connectivity index (χ1n) is 8.29. The minimum Gasteiger partial charge on any atom is -0.376 e. The SMILES string of the molecule is CCc1cccc(C)c1NCC(=O)NCC1CCCCC1. The molecule has 0 radical (unpaired) electrons. The van der Waals surface area contributed by atoms with Gasteiger partial charge in [0.2, 0.25) is 5.91 Å². The number of benzene rings is 1. The second-order valence-electron chi connectivity index (χ2n) is 6.12. The summed E-state index contributed by atoms with van der Waals surface area (Å²) in [5.74, 6) is 0.790. The molecular formula is C18H28N2O. The van der Waals surface area contributed by atoms with Crippen molar-refractivity contribution in [2.75, 3.05) is 18.4 Å². The number of amides is 1. The summed E-state index contributed by atoms with van der Waals surface area (Å²) in [6.45, 7) is 5.43. The Balaban J connectivity index is 1.78. The van der Waals surface area contributed by atoms with E-state index in [0.29, 0.717) is 12.5 Å². The van der Waals surface area contributed by atoms with Gasteiger partial charge in [-0.25, -0.2) is 0 Å². The Bertz CT molecular complexity index is 464. The first-order valence-corrected chi connectivity index (χ1v) is 8.29. The molecule has 1 saturated carbocycles. The van der Waals surface area contributed by atoms with Gasteiger partial charge in [0.25, 0.3) is 0 Å². The molecule has 0 heterocycles. The maximum Gasteiger partial charge on any atom is 0.239 e. The normalized spacial score (nSPS) is 15.7. The zero-order chi connectivity index (χ0) is 15.1. The van der Waals surface area contributed by atoms with Gasteiger partial charge in [0.1, 0.15) is 0 Å². The highest BCUT2D eigenvalue weighted by atomic mass is 16.1. The lowest BCUT2D eigenvalue weighted by atomic mass is 9.89. The molecule has 1 aromatic rings. The van der Waals surface area contributed by atoms with Gasteiger partial charge in [0.05, 0.1) is 6.54 Å². The summed E-state index contributed by atoms with van der Waals surface area (Å²) in [4.78, 5) is 12.0. The van der Waals surface area contributed by atoms with Crippen LogP contribution in [0.15, 0.2) is 18.2 Å². The fraction of sp³-hybridized carbons (Fsp3) is 0.611. The molecule has 0 aliphatic heterocycles. The third-order valence-corrected chi connectivity index (χ3v) is 4.48. The summed E-state index contributed by atoms with van der Waals surface area (Å²) in [6.07, 6.45) is 7.52. The summed E-state index contributed by atoms with van der Waals surface area (Å²) in [7, 11) is 0. The molecule has 2 rings (SSSR count). The van der Waals surface area contributed by atoms with Crippen LogP contribution in [0.2, 0.25) is 0 Å². The van der Waals surface area contributed by atoms with Gasteiger partial charge in [0.15, 0.2) is 0 Å². The Labute approximate surface area is 128 Å². The van der Waals surface area contributed by atoms with Crippen molar-refractivity contribution >= 4 is 11.6 Å². The lowest BCUT2D eigenvalue weighted by molar-refractivity contribution is -0.119. The Hall–Kier alpha value is -1.51. The third-order valence-electron chi connectivity index (χ3n) is 4.48. The van der Waals surface area contributed by atoms with Crippen LogP contribution in [0.4, 0.5) is 5.69 Å². The molecule has 1 amide bonds. The van der Waals surface area contributed by atoms with E-state index < -0.39 is 0 Å². The van der Waals surface area contributed by atoms with E-state index in [1.54, 1.807) is 0 Å². The van der Waals surface area contributed by atoms with Crippen LogP contribution in [0.1, 0.15) is 50.2 Å². The molecule has 0 spiro atoms. The fourth-order valence-corrected chi connectivity index (χ4v) is 3.16. The number of para-hydroxylation sites is 1. The van der Waals surface area contributed by atoms with Crippen LogP contribution >= 0.6 is 0 Å². The Morgan fingerprint density at radius 1 is 1.24 bits per heavy atom. The molecule has 0 bridgehead atoms. The van der Waals surface area contributed by atoms with Crippen LogP contribution < -0.4 is 10.6 Å². The quantitative estimate of drug-likeness (QED) is 0.838. The van der Waals surface area contributed by atoms with Gasteiger partial charge in [-0.05, 0) is 43.2 Å². The summed E-state index contributed by atoms with van der Waals surface area (Å²) in [5.41, 5.74) is 3.59. The molecule has 1 fully saturated rings. The van der Waals surface area contributed by atoms with E-state index in [1.165, 1.54) is 43.2 Å². The number of nitrogens with one attached hydrogen (secondary N) is 2. The van der Waals surface area contributed by atoms with Crippen molar-refractivity contribution in [3.8, 4) is 0 Å². The molecule has 0 aromatic heterocycles. The number of aryl methyl sites for hydroxylation is 2. The van der Waals surface area contributed by atoms with Gasteiger partial charge in [-0.2, -0.15) is 0 Å². The number of hydrogen-bond donors (Lipinski definition) is 2. The average Bonchev–Trinajstić information content (AvgIpc) is 2.52. The minimum absolute atomic E-state index is 0.103. The van der Waals surface area contributed by atoms with Gasteiger partial charge in [-0.1, -0.05) is 44.4 Å². The molecular weight excluding hydrogens is 260 g/mol. The van der Waals surface area contributed by atoms with Crippen molar-refractivity contribution in [1.82, 2.24) is 5.32 Å². The zero-order valence-electron chi connectivity index (χ0n) is 13.4. The topological polar surface area (TPSA) is 41.1 Å². The largest absolute Gasteiger partial charge is 0.376 e. The van der Waals surface area contributed by atoms with Crippen molar-refractivity contribution in [3.63, 3.8) is 0 Å². The lowest BCUT2D eigenvalue weighted by Gasteiger charge is -2.22. The van der Waals surface area contributed by atoms with E-state index in [0.717, 1.165) is 18.7 Å². The Kier molecular flexibility index (Phi) is 6.09. The molecule has 2 N–H and O–H groups in total. The molecule has 3 nitrogen and oxygen atoms in total. The van der Waals surface area contributed by atoms with E-state index in [9.17, 15) is 4.79 Å². The lowest BCUT2D eigenvalue weighted by Crippen LogP contribution is -2.34. The van der Waals surface area contributed by atoms with Gasteiger partial charge in [-0.15, -0.1) is 0 Å². The zero-order valence-corrected chi connectivity index (χ0v) is 13.4. The number of anilines is 1. The van der Waals surface area contributed by atoms with Gasteiger partial charge in [-0.3, -0.25) is 4.79 Å². The van der Waals surface area contributed by atoms with Crippen LogP contribution in [0.25, 0.3) is 0 Å². The molecule has 1 aliphatic carbocycles. The Morgan fingerprint density at radius 2 is 2.00 bits per heavy atom.